The highest BCUT2D eigenvalue weighted by Gasteiger charge is 2.42. The van der Waals surface area contributed by atoms with Crippen molar-refractivity contribution < 1.29 is 4.74 Å². The van der Waals surface area contributed by atoms with Gasteiger partial charge in [0.05, 0.1) is 6.10 Å². The second kappa shape index (κ2) is 4.24. The average molecular weight is 259 g/mol. The third-order valence-electron chi connectivity index (χ3n) is 4.74. The Bertz CT molecular complexity index is 485. The van der Waals surface area contributed by atoms with Crippen LogP contribution in [0.15, 0.2) is 18.2 Å². The van der Waals surface area contributed by atoms with Crippen molar-refractivity contribution in [2.45, 2.75) is 57.5 Å². The second-order valence-electron chi connectivity index (χ2n) is 7.28. The van der Waals surface area contributed by atoms with Crippen molar-refractivity contribution >= 4 is 5.69 Å². The van der Waals surface area contributed by atoms with E-state index in [-0.39, 0.29) is 5.41 Å². The molecule has 0 aromatic heterocycles. The number of rotatable bonds is 0. The highest BCUT2D eigenvalue weighted by molar-refractivity contribution is 5.62. The van der Waals surface area contributed by atoms with Crippen LogP contribution in [0.3, 0.4) is 0 Å². The number of fused-ring (bicyclic) bond motifs is 2. The Labute approximate surface area is 116 Å². The van der Waals surface area contributed by atoms with Gasteiger partial charge in [0.1, 0.15) is 0 Å². The van der Waals surface area contributed by atoms with Crippen molar-refractivity contribution in [1.82, 2.24) is 0 Å². The van der Waals surface area contributed by atoms with E-state index in [4.69, 9.17) is 4.74 Å². The summed E-state index contributed by atoms with van der Waals surface area (Å²) in [6, 6.07) is 6.98. The smallest absolute Gasteiger partial charge is 0.0556 e. The molecule has 2 atom stereocenters. The lowest BCUT2D eigenvalue weighted by Gasteiger charge is -2.37. The van der Waals surface area contributed by atoms with Crippen LogP contribution in [-0.2, 0) is 15.6 Å². The molecule has 3 rings (SSSR count). The molecule has 104 valence electrons. The van der Waals surface area contributed by atoms with Gasteiger partial charge in [-0.3, -0.25) is 0 Å². The molecule has 1 spiro atoms. The van der Waals surface area contributed by atoms with Crippen molar-refractivity contribution in [2.75, 3.05) is 18.5 Å². The highest BCUT2D eigenvalue weighted by atomic mass is 16.5. The van der Waals surface area contributed by atoms with Gasteiger partial charge in [-0.2, -0.15) is 0 Å². The van der Waals surface area contributed by atoms with Crippen LogP contribution in [0.2, 0.25) is 0 Å². The normalized spacial score (nSPS) is 30.2. The molecular formula is C17H25NO. The van der Waals surface area contributed by atoms with E-state index in [1.807, 2.05) is 0 Å². The number of benzene rings is 1. The van der Waals surface area contributed by atoms with Crippen LogP contribution in [0.25, 0.3) is 0 Å². The van der Waals surface area contributed by atoms with Gasteiger partial charge in [-0.05, 0) is 42.4 Å². The maximum absolute atomic E-state index is 5.75. The van der Waals surface area contributed by atoms with Crippen molar-refractivity contribution in [3.05, 3.63) is 29.3 Å². The summed E-state index contributed by atoms with van der Waals surface area (Å²) >= 11 is 0. The van der Waals surface area contributed by atoms with Crippen LogP contribution < -0.4 is 5.32 Å². The van der Waals surface area contributed by atoms with Gasteiger partial charge in [-0.1, -0.05) is 32.9 Å². The zero-order valence-corrected chi connectivity index (χ0v) is 12.5. The van der Waals surface area contributed by atoms with E-state index < -0.39 is 0 Å². The second-order valence-corrected chi connectivity index (χ2v) is 7.28. The predicted octanol–water partition coefficient (Wildman–Crippen LogP) is 3.85. The van der Waals surface area contributed by atoms with E-state index >= 15 is 0 Å². The van der Waals surface area contributed by atoms with Crippen LogP contribution in [0.5, 0.6) is 0 Å². The molecule has 0 aliphatic carbocycles. The monoisotopic (exact) mass is 259 g/mol. The minimum absolute atomic E-state index is 0.218. The Morgan fingerprint density at radius 3 is 2.79 bits per heavy atom. The predicted molar refractivity (Wildman–Crippen MR) is 80.0 cm³/mol. The Balaban J connectivity index is 2.03. The number of nitrogens with one attached hydrogen (secondary N) is 1. The van der Waals surface area contributed by atoms with Gasteiger partial charge in [-0.15, -0.1) is 0 Å². The van der Waals surface area contributed by atoms with E-state index in [2.05, 4.69) is 51.2 Å². The number of anilines is 1. The first-order chi connectivity index (χ1) is 8.91. The van der Waals surface area contributed by atoms with Gasteiger partial charge in [-0.25, -0.2) is 0 Å². The lowest BCUT2D eigenvalue weighted by atomic mass is 9.72. The minimum atomic E-state index is 0.218. The Morgan fingerprint density at radius 2 is 2.11 bits per heavy atom. The zero-order valence-electron chi connectivity index (χ0n) is 12.5. The standard InChI is InChI=1S/C17H25NO/c1-12-10-17(7-8-19-12)11-18-15-6-5-13(9-14(15)17)16(2,3)4/h5-6,9,12,18H,7-8,10-11H2,1-4H3. The largest absolute Gasteiger partial charge is 0.384 e. The quantitative estimate of drug-likeness (QED) is 0.764. The summed E-state index contributed by atoms with van der Waals surface area (Å²) in [5.74, 6) is 0. The maximum Gasteiger partial charge on any atom is 0.0556 e. The van der Waals surface area contributed by atoms with Crippen LogP contribution in [0.1, 0.15) is 51.7 Å². The summed E-state index contributed by atoms with van der Waals surface area (Å²) in [5.41, 5.74) is 4.81. The molecule has 1 N–H and O–H groups in total. The van der Waals surface area contributed by atoms with E-state index in [1.54, 1.807) is 0 Å². The molecule has 0 radical (unpaired) electrons. The summed E-state index contributed by atoms with van der Waals surface area (Å²) in [4.78, 5) is 0. The van der Waals surface area contributed by atoms with Crippen LogP contribution in [-0.4, -0.2) is 19.3 Å². The number of ether oxygens (including phenoxy) is 1. The summed E-state index contributed by atoms with van der Waals surface area (Å²) in [5, 5.41) is 3.60. The summed E-state index contributed by atoms with van der Waals surface area (Å²) < 4.78 is 5.75. The fourth-order valence-electron chi connectivity index (χ4n) is 3.54. The lowest BCUT2D eigenvalue weighted by molar-refractivity contribution is -0.00529. The van der Waals surface area contributed by atoms with Gasteiger partial charge in [0.2, 0.25) is 0 Å². The highest BCUT2D eigenvalue weighted by Crippen LogP contribution is 2.46. The molecular weight excluding hydrogens is 234 g/mol. The SMILES string of the molecule is CC1CC2(CCO1)CNc1ccc(C(C)(C)C)cc12. The molecule has 1 fully saturated rings. The average Bonchev–Trinajstić information content (AvgIpc) is 2.67. The maximum atomic E-state index is 5.75. The van der Waals surface area contributed by atoms with Gasteiger partial charge >= 0.3 is 0 Å². The van der Waals surface area contributed by atoms with Gasteiger partial charge in [0.15, 0.2) is 0 Å². The molecule has 1 saturated heterocycles. The van der Waals surface area contributed by atoms with E-state index in [1.165, 1.54) is 16.8 Å². The molecule has 2 heteroatoms. The number of hydrogen-bond donors (Lipinski definition) is 1. The molecule has 1 aromatic carbocycles. The topological polar surface area (TPSA) is 21.3 Å². The summed E-state index contributed by atoms with van der Waals surface area (Å²) in [6.07, 6.45) is 2.66. The third-order valence-corrected chi connectivity index (χ3v) is 4.74. The van der Waals surface area contributed by atoms with E-state index in [0.29, 0.717) is 11.5 Å². The van der Waals surface area contributed by atoms with Crippen molar-refractivity contribution in [3.63, 3.8) is 0 Å². The lowest BCUT2D eigenvalue weighted by Crippen LogP contribution is -2.39. The van der Waals surface area contributed by atoms with Crippen molar-refractivity contribution in [1.29, 1.82) is 0 Å². The van der Waals surface area contributed by atoms with Crippen LogP contribution >= 0.6 is 0 Å². The molecule has 19 heavy (non-hydrogen) atoms. The van der Waals surface area contributed by atoms with Gasteiger partial charge < -0.3 is 10.1 Å². The first-order valence-corrected chi connectivity index (χ1v) is 7.41. The summed E-state index contributed by atoms with van der Waals surface area (Å²) in [6.45, 7) is 11.0. The fourth-order valence-corrected chi connectivity index (χ4v) is 3.54. The molecule has 0 saturated carbocycles. The molecule has 0 bridgehead atoms. The summed E-state index contributed by atoms with van der Waals surface area (Å²) in [7, 11) is 0. The molecule has 2 aliphatic heterocycles. The first-order valence-electron chi connectivity index (χ1n) is 7.41. The third kappa shape index (κ3) is 2.16. The minimum Gasteiger partial charge on any atom is -0.384 e. The first kappa shape index (κ1) is 13.0. The van der Waals surface area contributed by atoms with Crippen LogP contribution in [0, 0.1) is 0 Å². The van der Waals surface area contributed by atoms with Crippen molar-refractivity contribution in [2.24, 2.45) is 0 Å². The molecule has 2 nitrogen and oxygen atoms in total. The molecule has 2 aliphatic rings. The molecule has 2 heterocycles. The number of hydrogen-bond acceptors (Lipinski definition) is 2. The zero-order chi connectivity index (χ0) is 13.7. The molecule has 0 amide bonds. The Morgan fingerprint density at radius 1 is 1.32 bits per heavy atom. The van der Waals surface area contributed by atoms with Gasteiger partial charge in [0, 0.05) is 24.3 Å². The van der Waals surface area contributed by atoms with Gasteiger partial charge in [0.25, 0.3) is 0 Å². The van der Waals surface area contributed by atoms with Crippen LogP contribution in [0.4, 0.5) is 5.69 Å². The molecule has 1 aromatic rings. The van der Waals surface area contributed by atoms with Crippen molar-refractivity contribution in [3.8, 4) is 0 Å². The Hall–Kier alpha value is -1.02. The molecule has 2 unspecified atom stereocenters. The van der Waals surface area contributed by atoms with E-state index in [0.717, 1.165) is 26.0 Å². The Kier molecular flexibility index (Phi) is 2.90. The fraction of sp³-hybridized carbons (Fsp3) is 0.647. The van der Waals surface area contributed by atoms with E-state index in [9.17, 15) is 0 Å².